The van der Waals surface area contributed by atoms with Crippen LogP contribution in [-0.2, 0) is 9.01 Å². The molecule has 0 aromatic rings. The van der Waals surface area contributed by atoms with Crippen LogP contribution in [0.5, 0.6) is 0 Å². The van der Waals surface area contributed by atoms with Crippen molar-refractivity contribution in [1.29, 1.82) is 0 Å². The minimum absolute atomic E-state index is 0. The van der Waals surface area contributed by atoms with Gasteiger partial charge in [-0.25, -0.2) is 4.57 Å². The quantitative estimate of drug-likeness (QED) is 0.232. The van der Waals surface area contributed by atoms with Crippen molar-refractivity contribution in [2.24, 2.45) is 0 Å². The first-order chi connectivity index (χ1) is 3.42. The van der Waals surface area contributed by atoms with Crippen LogP contribution >= 0.6 is 7.82 Å². The van der Waals surface area contributed by atoms with Crippen molar-refractivity contribution in [3.8, 4) is 0 Å². The Morgan fingerprint density at radius 2 is 1.78 bits per heavy atom. The zero-order chi connectivity index (χ0) is 6.78. The van der Waals surface area contributed by atoms with Crippen molar-refractivity contribution in [1.82, 2.24) is 0 Å². The molecule has 0 spiro atoms. The molecule has 0 aromatic heterocycles. The molecule has 0 aliphatic heterocycles. The summed E-state index contributed by atoms with van der Waals surface area (Å²) in [4.78, 5) is 15.5. The Morgan fingerprint density at radius 3 is 1.78 bits per heavy atom. The van der Waals surface area contributed by atoms with E-state index in [9.17, 15) is 4.57 Å². The van der Waals surface area contributed by atoms with E-state index in [1.807, 2.05) is 0 Å². The fourth-order valence-corrected chi connectivity index (χ4v) is 0.368. The fourth-order valence-electron chi connectivity index (χ4n) is 0.123. The summed E-state index contributed by atoms with van der Waals surface area (Å²) in [7, 11) is -7.14. The second-order valence-electron chi connectivity index (χ2n) is 0.922. The molecule has 0 aromatic carbocycles. The zero-order valence-corrected chi connectivity index (χ0v) is 5.52. The summed E-state index contributed by atoms with van der Waals surface area (Å²) in [6, 6.07) is 0. The summed E-state index contributed by atoms with van der Waals surface area (Å²) in [6.07, 6.45) is 0. The molecule has 0 atom stereocenters. The van der Waals surface area contributed by atoms with Crippen LogP contribution in [0.15, 0.2) is 0 Å². The molecule has 9 heavy (non-hydrogen) atoms. The molecule has 0 radical (unpaired) electrons. The number of hydrogen-bond donors (Lipinski definition) is 4. The molecular formula is H5BLiO6P. The van der Waals surface area contributed by atoms with Gasteiger partial charge in [0.1, 0.15) is 0 Å². The summed E-state index contributed by atoms with van der Waals surface area (Å²) in [5, 5.41) is 15.5. The predicted molar refractivity (Wildman–Crippen MR) is 24.4 cm³/mol. The number of phosphoric acid groups is 1. The first-order valence-corrected chi connectivity index (χ1v) is 3.05. The maximum atomic E-state index is 9.59. The van der Waals surface area contributed by atoms with E-state index in [4.69, 9.17) is 19.8 Å². The van der Waals surface area contributed by atoms with Crippen molar-refractivity contribution in [3.05, 3.63) is 0 Å². The van der Waals surface area contributed by atoms with Crippen LogP contribution in [0.3, 0.4) is 0 Å². The molecule has 50 valence electrons. The van der Waals surface area contributed by atoms with E-state index in [2.05, 4.69) is 4.44 Å². The summed E-state index contributed by atoms with van der Waals surface area (Å²) in [5.41, 5.74) is 0. The van der Waals surface area contributed by atoms with Crippen LogP contribution in [0.4, 0.5) is 0 Å². The van der Waals surface area contributed by atoms with Crippen molar-refractivity contribution >= 4 is 15.1 Å². The number of hydrogen-bond acceptors (Lipinski definition) is 4. The summed E-state index contributed by atoms with van der Waals surface area (Å²) >= 11 is 0. The summed E-state index contributed by atoms with van der Waals surface area (Å²) in [6.45, 7) is 0. The van der Waals surface area contributed by atoms with Gasteiger partial charge in [-0.15, -0.1) is 0 Å². The van der Waals surface area contributed by atoms with Crippen LogP contribution < -0.4 is 18.9 Å². The van der Waals surface area contributed by atoms with Gasteiger partial charge in [0.25, 0.3) is 0 Å². The normalized spacial score (nSPS) is 10.2. The van der Waals surface area contributed by atoms with E-state index >= 15 is 0 Å². The molecule has 0 bridgehead atoms. The molecule has 0 unspecified atom stereocenters. The second-order valence-corrected chi connectivity index (χ2v) is 2.11. The second kappa shape index (κ2) is 4.50. The topological polar surface area (TPSA) is 107 Å². The Bertz CT molecular complexity index is 110. The van der Waals surface area contributed by atoms with Gasteiger partial charge in [-0.3, -0.25) is 4.44 Å². The van der Waals surface area contributed by atoms with Crippen LogP contribution in [0.25, 0.3) is 0 Å². The number of rotatable bonds is 2. The van der Waals surface area contributed by atoms with E-state index in [0.29, 0.717) is 0 Å². The molecule has 6 nitrogen and oxygen atoms in total. The zero-order valence-electron chi connectivity index (χ0n) is 5.63. The van der Waals surface area contributed by atoms with Gasteiger partial charge < -0.3 is 21.3 Å². The van der Waals surface area contributed by atoms with Crippen molar-refractivity contribution in [3.63, 3.8) is 0 Å². The Labute approximate surface area is 64.9 Å². The maximum Gasteiger partial charge on any atom is 1.00 e. The summed E-state index contributed by atoms with van der Waals surface area (Å²) in [5.74, 6) is 0. The minimum atomic E-state index is -4.72. The van der Waals surface area contributed by atoms with Crippen LogP contribution in [0, 0.1) is 0 Å². The van der Waals surface area contributed by atoms with Crippen molar-refractivity contribution < 1.29 is 49.1 Å². The van der Waals surface area contributed by atoms with E-state index < -0.39 is 15.1 Å². The molecule has 0 aliphatic carbocycles. The van der Waals surface area contributed by atoms with Gasteiger partial charge in [-0.2, -0.15) is 0 Å². The SMILES string of the molecule is O=P(O)(O)OB(O)O.[H-].[Li+]. The van der Waals surface area contributed by atoms with Gasteiger partial charge in [0, 0.05) is 0 Å². The van der Waals surface area contributed by atoms with E-state index in [1.165, 1.54) is 0 Å². The van der Waals surface area contributed by atoms with Gasteiger partial charge in [0.05, 0.1) is 0 Å². The van der Waals surface area contributed by atoms with Gasteiger partial charge >= 0.3 is 34.0 Å². The Balaban J connectivity index is -0.000000245. The Morgan fingerprint density at radius 1 is 1.44 bits per heavy atom. The van der Waals surface area contributed by atoms with Crippen LogP contribution in [0.1, 0.15) is 1.43 Å². The van der Waals surface area contributed by atoms with Crippen LogP contribution in [-0.4, -0.2) is 27.2 Å². The molecule has 0 rings (SSSR count). The molecule has 4 N–H and O–H groups in total. The van der Waals surface area contributed by atoms with E-state index in [-0.39, 0.29) is 20.3 Å². The first kappa shape index (κ1) is 12.4. The molecule has 0 amide bonds. The molecule has 0 saturated heterocycles. The fraction of sp³-hybridized carbons (Fsp3) is 0. The van der Waals surface area contributed by atoms with Gasteiger partial charge in [0.15, 0.2) is 0 Å². The van der Waals surface area contributed by atoms with E-state index in [1.54, 1.807) is 0 Å². The van der Waals surface area contributed by atoms with Crippen LogP contribution in [0.2, 0.25) is 0 Å². The molecule has 0 heterocycles. The Kier molecular flexibility index (Phi) is 6.19. The standard InChI is InChI=1S/BH4O6P.Li.H/c2-1(3)7-8(4,5)6;;/h2-3H,(H2,4,5,6);;/q;+1;-1. The maximum absolute atomic E-state index is 9.59. The monoisotopic (exact) mass is 150 g/mol. The smallest absolute Gasteiger partial charge is 1.00 e. The molecular weight excluding hydrogens is 145 g/mol. The minimum Gasteiger partial charge on any atom is -1.00 e. The van der Waals surface area contributed by atoms with Gasteiger partial charge in [-0.05, 0) is 0 Å². The molecule has 0 saturated carbocycles. The first-order valence-electron chi connectivity index (χ1n) is 1.52. The molecule has 9 heteroatoms. The third-order valence-electron chi connectivity index (χ3n) is 0.232. The third-order valence-corrected chi connectivity index (χ3v) is 0.695. The molecule has 0 fully saturated rings. The van der Waals surface area contributed by atoms with Gasteiger partial charge in [-0.1, -0.05) is 0 Å². The van der Waals surface area contributed by atoms with Gasteiger partial charge in [0.2, 0.25) is 0 Å². The average molecular weight is 150 g/mol. The van der Waals surface area contributed by atoms with E-state index in [0.717, 1.165) is 0 Å². The third kappa shape index (κ3) is 12.0. The Hall–Kier alpha value is 0.692. The van der Waals surface area contributed by atoms with Crippen molar-refractivity contribution in [2.45, 2.75) is 0 Å². The summed E-state index contributed by atoms with van der Waals surface area (Å²) < 4.78 is 12.8. The largest absolute Gasteiger partial charge is 1.00 e. The predicted octanol–water partition coefficient (Wildman–Crippen LogP) is -4.82. The average Bonchev–Trinajstić information content (AvgIpc) is 1.21. The molecule has 0 aliphatic rings. The van der Waals surface area contributed by atoms with Crippen molar-refractivity contribution in [2.75, 3.05) is 0 Å².